The number of hydrogen-bond donors (Lipinski definition) is 1. The molecule has 0 saturated carbocycles. The van der Waals surface area contributed by atoms with Crippen LogP contribution in [0.3, 0.4) is 0 Å². The molecular formula is C25H27BrClNO4. The molecule has 0 aromatic heterocycles. The average molecular weight is 521 g/mol. The van der Waals surface area contributed by atoms with E-state index >= 15 is 0 Å². The number of fused-ring (bicyclic) bond motifs is 1. The number of ether oxygens (including phenoxy) is 4. The van der Waals surface area contributed by atoms with E-state index in [0.717, 1.165) is 40.2 Å². The van der Waals surface area contributed by atoms with Crippen molar-refractivity contribution in [1.29, 1.82) is 0 Å². The molecule has 0 aliphatic carbocycles. The quantitative estimate of drug-likeness (QED) is 0.405. The van der Waals surface area contributed by atoms with Crippen molar-refractivity contribution in [2.24, 2.45) is 0 Å². The lowest BCUT2D eigenvalue weighted by Gasteiger charge is -2.19. The molecular weight excluding hydrogens is 494 g/mol. The Kier molecular flexibility index (Phi) is 8.67. The Balaban J connectivity index is 0.00000289. The highest BCUT2D eigenvalue weighted by Crippen LogP contribution is 2.38. The van der Waals surface area contributed by atoms with Gasteiger partial charge in [-0.25, -0.2) is 0 Å². The first kappa shape index (κ1) is 24.2. The third-order valence-electron chi connectivity index (χ3n) is 5.06. The topological polar surface area (TPSA) is 49.0 Å². The Bertz CT molecular complexity index is 1040. The molecule has 3 aromatic rings. The Morgan fingerprint density at radius 2 is 1.56 bits per heavy atom. The molecule has 3 aromatic carbocycles. The molecule has 0 fully saturated rings. The number of methoxy groups -OCH3 is 1. The first-order chi connectivity index (χ1) is 15.1. The third-order valence-corrected chi connectivity index (χ3v) is 5.65. The third kappa shape index (κ3) is 6.09. The van der Waals surface area contributed by atoms with Crippen LogP contribution in [-0.4, -0.2) is 20.3 Å². The molecule has 0 saturated heterocycles. The van der Waals surface area contributed by atoms with Crippen LogP contribution in [0.5, 0.6) is 23.0 Å². The van der Waals surface area contributed by atoms with Crippen LogP contribution in [0.2, 0.25) is 0 Å². The zero-order chi connectivity index (χ0) is 21.6. The van der Waals surface area contributed by atoms with Crippen LogP contribution in [0, 0.1) is 6.92 Å². The van der Waals surface area contributed by atoms with Gasteiger partial charge in [0, 0.05) is 13.1 Å². The zero-order valence-corrected chi connectivity index (χ0v) is 20.6. The van der Waals surface area contributed by atoms with Crippen LogP contribution >= 0.6 is 28.3 Å². The molecule has 4 rings (SSSR count). The van der Waals surface area contributed by atoms with E-state index in [2.05, 4.69) is 58.5 Å². The molecule has 1 aliphatic rings. The molecule has 0 spiro atoms. The van der Waals surface area contributed by atoms with Crippen molar-refractivity contribution >= 4 is 28.3 Å². The van der Waals surface area contributed by atoms with Crippen molar-refractivity contribution in [3.63, 3.8) is 0 Å². The van der Waals surface area contributed by atoms with Gasteiger partial charge < -0.3 is 24.3 Å². The first-order valence-corrected chi connectivity index (χ1v) is 11.1. The van der Waals surface area contributed by atoms with Gasteiger partial charge in [-0.3, -0.25) is 0 Å². The normalized spacial score (nSPS) is 12.1. The van der Waals surface area contributed by atoms with E-state index < -0.39 is 0 Å². The summed E-state index contributed by atoms with van der Waals surface area (Å²) in [5.41, 5.74) is 4.64. The van der Waals surface area contributed by atoms with Gasteiger partial charge in [0.05, 0.1) is 11.6 Å². The van der Waals surface area contributed by atoms with Crippen molar-refractivity contribution in [2.75, 3.05) is 20.3 Å². The largest absolute Gasteiger partial charge is 0.493 e. The molecule has 5 nitrogen and oxygen atoms in total. The second-order valence-electron chi connectivity index (χ2n) is 7.46. The van der Waals surface area contributed by atoms with Crippen molar-refractivity contribution in [3.05, 3.63) is 81.3 Å². The monoisotopic (exact) mass is 519 g/mol. The molecule has 170 valence electrons. The average Bonchev–Trinajstić information content (AvgIpc) is 2.79. The summed E-state index contributed by atoms with van der Waals surface area (Å²) in [6.45, 7) is 5.18. The zero-order valence-electron chi connectivity index (χ0n) is 18.2. The van der Waals surface area contributed by atoms with Crippen LogP contribution in [0.25, 0.3) is 0 Å². The van der Waals surface area contributed by atoms with Gasteiger partial charge >= 0.3 is 0 Å². The Morgan fingerprint density at radius 1 is 0.875 bits per heavy atom. The summed E-state index contributed by atoms with van der Waals surface area (Å²) < 4.78 is 23.8. The summed E-state index contributed by atoms with van der Waals surface area (Å²) in [6, 6.07) is 18.5. The fourth-order valence-electron chi connectivity index (χ4n) is 3.41. The fraction of sp³-hybridized carbons (Fsp3) is 0.280. The van der Waals surface area contributed by atoms with Crippen LogP contribution in [0.4, 0.5) is 0 Å². The molecule has 0 amide bonds. The van der Waals surface area contributed by atoms with Crippen molar-refractivity contribution < 1.29 is 18.9 Å². The van der Waals surface area contributed by atoms with Gasteiger partial charge in [-0.15, -0.1) is 12.4 Å². The van der Waals surface area contributed by atoms with Gasteiger partial charge in [0.25, 0.3) is 0 Å². The lowest BCUT2D eigenvalue weighted by atomic mass is 10.1. The van der Waals surface area contributed by atoms with Crippen LogP contribution in [0.1, 0.15) is 22.3 Å². The smallest absolute Gasteiger partial charge is 0.175 e. The summed E-state index contributed by atoms with van der Waals surface area (Å²) in [6.07, 6.45) is 0. The Labute approximate surface area is 203 Å². The second kappa shape index (κ2) is 11.5. The van der Waals surface area contributed by atoms with E-state index in [1.807, 2.05) is 24.3 Å². The predicted molar refractivity (Wildman–Crippen MR) is 131 cm³/mol. The molecule has 0 bridgehead atoms. The van der Waals surface area contributed by atoms with E-state index in [4.69, 9.17) is 18.9 Å². The lowest BCUT2D eigenvalue weighted by Crippen LogP contribution is -2.15. The molecule has 0 unspecified atom stereocenters. The number of aryl methyl sites for hydroxylation is 1. The van der Waals surface area contributed by atoms with Gasteiger partial charge in [0.1, 0.15) is 19.8 Å². The number of nitrogens with one attached hydrogen (secondary N) is 1. The van der Waals surface area contributed by atoms with Gasteiger partial charge in [-0.2, -0.15) is 0 Å². The SMILES string of the molecule is COc1cc(CNCc2ccc(C)cc2)cc(Br)c1OCc1ccc2c(c1)OCCO2.Cl. The Morgan fingerprint density at radius 3 is 2.31 bits per heavy atom. The second-order valence-corrected chi connectivity index (χ2v) is 8.32. The maximum absolute atomic E-state index is 6.09. The molecule has 32 heavy (non-hydrogen) atoms. The van der Waals surface area contributed by atoms with Crippen molar-refractivity contribution in [3.8, 4) is 23.0 Å². The summed E-state index contributed by atoms with van der Waals surface area (Å²) in [4.78, 5) is 0. The molecule has 7 heteroatoms. The number of benzene rings is 3. The van der Waals surface area contributed by atoms with E-state index in [1.54, 1.807) is 7.11 Å². The first-order valence-electron chi connectivity index (χ1n) is 10.3. The van der Waals surface area contributed by atoms with Crippen LogP contribution < -0.4 is 24.3 Å². The lowest BCUT2D eigenvalue weighted by molar-refractivity contribution is 0.171. The molecule has 1 N–H and O–H groups in total. The highest BCUT2D eigenvalue weighted by atomic mass is 79.9. The fourth-order valence-corrected chi connectivity index (χ4v) is 4.01. The molecule has 0 atom stereocenters. The molecule has 1 aliphatic heterocycles. The van der Waals surface area contributed by atoms with Gasteiger partial charge in [-0.1, -0.05) is 35.9 Å². The maximum Gasteiger partial charge on any atom is 0.175 e. The van der Waals surface area contributed by atoms with Gasteiger partial charge in [-0.05, 0) is 63.8 Å². The van der Waals surface area contributed by atoms with Crippen molar-refractivity contribution in [2.45, 2.75) is 26.6 Å². The number of halogens is 2. The van der Waals surface area contributed by atoms with E-state index in [9.17, 15) is 0 Å². The standard InChI is InChI=1S/C25H26BrNO4.ClH/c1-17-3-5-18(6-4-17)14-27-15-20-11-21(26)25(24(13-20)28-2)31-16-19-7-8-22-23(12-19)30-10-9-29-22;/h3-8,11-13,27H,9-10,14-16H2,1-2H3;1H. The van der Waals surface area contributed by atoms with Gasteiger partial charge in [0.2, 0.25) is 0 Å². The highest BCUT2D eigenvalue weighted by molar-refractivity contribution is 9.10. The minimum atomic E-state index is 0. The highest BCUT2D eigenvalue weighted by Gasteiger charge is 2.15. The van der Waals surface area contributed by atoms with Crippen molar-refractivity contribution in [1.82, 2.24) is 5.32 Å². The molecule has 0 radical (unpaired) electrons. The number of rotatable bonds is 8. The van der Waals surface area contributed by atoms with E-state index in [0.29, 0.717) is 31.3 Å². The summed E-state index contributed by atoms with van der Waals surface area (Å²) >= 11 is 3.64. The minimum absolute atomic E-state index is 0. The van der Waals surface area contributed by atoms with Crippen LogP contribution in [-0.2, 0) is 19.7 Å². The minimum Gasteiger partial charge on any atom is -0.493 e. The predicted octanol–water partition coefficient (Wildman–Crippen LogP) is 5.83. The van der Waals surface area contributed by atoms with E-state index in [-0.39, 0.29) is 12.4 Å². The summed E-state index contributed by atoms with van der Waals surface area (Å²) in [7, 11) is 1.65. The maximum atomic E-state index is 6.09. The molecule has 1 heterocycles. The van der Waals surface area contributed by atoms with Crippen LogP contribution in [0.15, 0.2) is 59.1 Å². The van der Waals surface area contributed by atoms with E-state index in [1.165, 1.54) is 11.1 Å². The van der Waals surface area contributed by atoms with Gasteiger partial charge in [0.15, 0.2) is 23.0 Å². The number of hydrogen-bond acceptors (Lipinski definition) is 5. The summed E-state index contributed by atoms with van der Waals surface area (Å²) in [5.74, 6) is 2.91. The Hall–Kier alpha value is -2.41. The summed E-state index contributed by atoms with van der Waals surface area (Å²) in [5, 5.41) is 3.48.